The fraction of sp³-hybridized carbons (Fsp3) is 0.300. The van der Waals surface area contributed by atoms with Crippen LogP contribution in [0.5, 0.6) is 0 Å². The van der Waals surface area contributed by atoms with Crippen LogP contribution in [0.2, 0.25) is 0 Å². The van der Waals surface area contributed by atoms with Gasteiger partial charge in [0.05, 0.1) is 6.61 Å². The molecule has 4 heteroatoms. The van der Waals surface area contributed by atoms with Gasteiger partial charge in [-0.05, 0) is 24.6 Å². The van der Waals surface area contributed by atoms with Gasteiger partial charge in [-0.15, -0.1) is 0 Å². The molecule has 0 aromatic heterocycles. The lowest BCUT2D eigenvalue weighted by molar-refractivity contribution is -0.142. The van der Waals surface area contributed by atoms with Crippen LogP contribution >= 0.6 is 15.9 Å². The van der Waals surface area contributed by atoms with E-state index in [0.717, 1.165) is 5.56 Å². The van der Waals surface area contributed by atoms with Crippen molar-refractivity contribution in [3.63, 3.8) is 0 Å². The topological polar surface area (TPSA) is 52.3 Å². The second-order valence-electron chi connectivity index (χ2n) is 2.78. The molecule has 0 saturated carbocycles. The molecule has 0 bridgehead atoms. The fourth-order valence-corrected chi connectivity index (χ4v) is 1.45. The van der Waals surface area contributed by atoms with E-state index in [1.165, 1.54) is 0 Å². The molecule has 0 heterocycles. The van der Waals surface area contributed by atoms with Crippen molar-refractivity contribution in [2.24, 2.45) is 0 Å². The third-order valence-electron chi connectivity index (χ3n) is 1.72. The number of nitrogens with two attached hydrogens (primary N) is 1. The van der Waals surface area contributed by atoms with Crippen LogP contribution in [-0.2, 0) is 9.53 Å². The van der Waals surface area contributed by atoms with Crippen molar-refractivity contribution >= 4 is 27.6 Å². The summed E-state index contributed by atoms with van der Waals surface area (Å²) in [5, 5.41) is 0. The number of benzene rings is 1. The average molecular weight is 258 g/mol. The van der Waals surface area contributed by atoms with Gasteiger partial charge in [-0.1, -0.05) is 28.1 Å². The standard InChI is InChI=1S/C10H12BrNO2/c1-2-14-10(13)9(11)7-3-5-8(12)6-4-7/h3-6,9H,2,12H2,1H3/t9-/m1/s1. The first-order valence-electron chi connectivity index (χ1n) is 4.31. The number of nitrogen functional groups attached to an aromatic ring is 1. The van der Waals surface area contributed by atoms with Gasteiger partial charge in [0, 0.05) is 5.69 Å². The van der Waals surface area contributed by atoms with E-state index in [-0.39, 0.29) is 5.97 Å². The zero-order valence-electron chi connectivity index (χ0n) is 7.87. The van der Waals surface area contributed by atoms with Gasteiger partial charge in [0.25, 0.3) is 0 Å². The number of halogens is 1. The highest BCUT2D eigenvalue weighted by atomic mass is 79.9. The first-order chi connectivity index (χ1) is 6.65. The zero-order chi connectivity index (χ0) is 10.6. The fourth-order valence-electron chi connectivity index (χ4n) is 1.02. The molecule has 14 heavy (non-hydrogen) atoms. The normalized spacial score (nSPS) is 12.1. The molecule has 0 spiro atoms. The Kier molecular flexibility index (Phi) is 3.95. The minimum absolute atomic E-state index is 0.280. The monoisotopic (exact) mass is 257 g/mol. The van der Waals surface area contributed by atoms with Crippen molar-refractivity contribution in [1.29, 1.82) is 0 Å². The molecule has 0 aliphatic rings. The lowest BCUT2D eigenvalue weighted by atomic mass is 10.1. The van der Waals surface area contributed by atoms with Crippen molar-refractivity contribution < 1.29 is 9.53 Å². The van der Waals surface area contributed by atoms with Crippen molar-refractivity contribution in [2.45, 2.75) is 11.8 Å². The molecule has 0 aliphatic carbocycles. The van der Waals surface area contributed by atoms with Gasteiger partial charge in [0.2, 0.25) is 0 Å². The number of alkyl halides is 1. The van der Waals surface area contributed by atoms with Gasteiger partial charge in [0.1, 0.15) is 4.83 Å². The first-order valence-corrected chi connectivity index (χ1v) is 5.23. The summed E-state index contributed by atoms with van der Waals surface area (Å²) >= 11 is 3.26. The molecule has 1 aromatic rings. The van der Waals surface area contributed by atoms with E-state index in [9.17, 15) is 4.79 Å². The number of esters is 1. The first kappa shape index (κ1) is 11.0. The third kappa shape index (κ3) is 2.73. The molecule has 0 radical (unpaired) electrons. The number of carbonyl (C=O) groups excluding carboxylic acids is 1. The SMILES string of the molecule is CCOC(=O)[C@H](Br)c1ccc(N)cc1. The lowest BCUT2D eigenvalue weighted by Crippen LogP contribution is -2.10. The number of rotatable bonds is 3. The van der Waals surface area contributed by atoms with Crippen LogP contribution in [0.3, 0.4) is 0 Å². The Morgan fingerprint density at radius 1 is 1.50 bits per heavy atom. The predicted molar refractivity (Wildman–Crippen MR) is 59.2 cm³/mol. The highest BCUT2D eigenvalue weighted by Gasteiger charge is 2.17. The Morgan fingerprint density at radius 3 is 2.57 bits per heavy atom. The van der Waals surface area contributed by atoms with Gasteiger partial charge in [0.15, 0.2) is 0 Å². The smallest absolute Gasteiger partial charge is 0.324 e. The van der Waals surface area contributed by atoms with Crippen LogP contribution in [0.25, 0.3) is 0 Å². The molecule has 2 N–H and O–H groups in total. The Balaban J connectivity index is 2.73. The maximum atomic E-state index is 11.3. The van der Waals surface area contributed by atoms with Crippen LogP contribution in [-0.4, -0.2) is 12.6 Å². The van der Waals surface area contributed by atoms with Crippen LogP contribution in [0, 0.1) is 0 Å². The molecule has 0 fully saturated rings. The maximum absolute atomic E-state index is 11.3. The summed E-state index contributed by atoms with van der Waals surface area (Å²) in [5.41, 5.74) is 7.05. The van der Waals surface area contributed by atoms with E-state index in [1.807, 2.05) is 0 Å². The van der Waals surface area contributed by atoms with Crippen LogP contribution in [0.1, 0.15) is 17.3 Å². The predicted octanol–water partition coefficient (Wildman–Crippen LogP) is 2.27. The Labute approximate surface area is 91.4 Å². The molecular formula is C10H12BrNO2. The van der Waals surface area contributed by atoms with Gasteiger partial charge in [-0.3, -0.25) is 4.79 Å². The van der Waals surface area contributed by atoms with E-state index >= 15 is 0 Å². The number of ether oxygens (including phenoxy) is 1. The summed E-state index contributed by atoms with van der Waals surface area (Å²) in [6.07, 6.45) is 0. The Hall–Kier alpha value is -1.03. The minimum atomic E-state index is -0.414. The summed E-state index contributed by atoms with van der Waals surface area (Å²) in [7, 11) is 0. The second kappa shape index (κ2) is 5.00. The van der Waals surface area contributed by atoms with E-state index < -0.39 is 4.83 Å². The van der Waals surface area contributed by atoms with Gasteiger partial charge < -0.3 is 10.5 Å². The van der Waals surface area contributed by atoms with Crippen molar-refractivity contribution in [3.8, 4) is 0 Å². The molecule has 76 valence electrons. The molecule has 0 aliphatic heterocycles. The highest BCUT2D eigenvalue weighted by Crippen LogP contribution is 2.24. The molecular weight excluding hydrogens is 246 g/mol. The van der Waals surface area contributed by atoms with Crippen LogP contribution in [0.15, 0.2) is 24.3 Å². The molecule has 0 amide bonds. The summed E-state index contributed by atoms with van der Waals surface area (Å²) in [5.74, 6) is -0.280. The van der Waals surface area contributed by atoms with Gasteiger partial charge in [-0.2, -0.15) is 0 Å². The lowest BCUT2D eigenvalue weighted by Gasteiger charge is -2.08. The third-order valence-corrected chi connectivity index (χ3v) is 2.63. The van der Waals surface area contributed by atoms with Crippen molar-refractivity contribution in [2.75, 3.05) is 12.3 Å². The summed E-state index contributed by atoms with van der Waals surface area (Å²) in [6.45, 7) is 2.16. The molecule has 0 unspecified atom stereocenters. The molecule has 1 rings (SSSR count). The maximum Gasteiger partial charge on any atom is 0.324 e. The average Bonchev–Trinajstić information content (AvgIpc) is 2.18. The van der Waals surface area contributed by atoms with E-state index in [4.69, 9.17) is 10.5 Å². The Morgan fingerprint density at radius 2 is 2.07 bits per heavy atom. The number of carbonyl (C=O) groups is 1. The number of hydrogen-bond donors (Lipinski definition) is 1. The zero-order valence-corrected chi connectivity index (χ0v) is 9.45. The number of hydrogen-bond acceptors (Lipinski definition) is 3. The van der Waals surface area contributed by atoms with E-state index in [1.54, 1.807) is 31.2 Å². The summed E-state index contributed by atoms with van der Waals surface area (Å²) in [6, 6.07) is 7.10. The molecule has 1 aromatic carbocycles. The van der Waals surface area contributed by atoms with Crippen molar-refractivity contribution in [1.82, 2.24) is 0 Å². The quantitative estimate of drug-likeness (QED) is 0.514. The molecule has 0 saturated heterocycles. The Bertz CT molecular complexity index is 310. The number of anilines is 1. The molecule has 1 atom stereocenters. The van der Waals surface area contributed by atoms with Crippen LogP contribution in [0.4, 0.5) is 5.69 Å². The van der Waals surface area contributed by atoms with Gasteiger partial charge in [-0.25, -0.2) is 0 Å². The molecule has 3 nitrogen and oxygen atoms in total. The van der Waals surface area contributed by atoms with Gasteiger partial charge >= 0.3 is 5.97 Å². The summed E-state index contributed by atoms with van der Waals surface area (Å²) in [4.78, 5) is 10.9. The van der Waals surface area contributed by atoms with E-state index in [2.05, 4.69) is 15.9 Å². The largest absolute Gasteiger partial charge is 0.465 e. The second-order valence-corrected chi connectivity index (χ2v) is 3.70. The highest BCUT2D eigenvalue weighted by molar-refractivity contribution is 9.09. The summed E-state index contributed by atoms with van der Waals surface area (Å²) < 4.78 is 4.87. The van der Waals surface area contributed by atoms with Crippen molar-refractivity contribution in [3.05, 3.63) is 29.8 Å². The van der Waals surface area contributed by atoms with Crippen LogP contribution < -0.4 is 5.73 Å². The van der Waals surface area contributed by atoms with E-state index in [0.29, 0.717) is 12.3 Å². The minimum Gasteiger partial charge on any atom is -0.465 e.